The largest absolute Gasteiger partial charge is 0.307 e. The molecule has 0 bridgehead atoms. The van der Waals surface area contributed by atoms with Gasteiger partial charge in [0.15, 0.2) is 0 Å². The Labute approximate surface area is 199 Å². The summed E-state index contributed by atoms with van der Waals surface area (Å²) >= 11 is 2.78. The number of nitriles is 4. The third kappa shape index (κ3) is 4.13. The van der Waals surface area contributed by atoms with Crippen molar-refractivity contribution >= 4 is 54.3 Å². The summed E-state index contributed by atoms with van der Waals surface area (Å²) in [5.41, 5.74) is 4.24. The van der Waals surface area contributed by atoms with Crippen molar-refractivity contribution in [3.8, 4) is 30.0 Å². The molecule has 5 nitrogen and oxygen atoms in total. The smallest absolute Gasteiger partial charge is 0.146 e. The summed E-state index contributed by atoms with van der Waals surface area (Å²) in [5, 5.41) is 37.3. The molecule has 33 heavy (non-hydrogen) atoms. The molecule has 4 rings (SSSR count). The SMILES string of the molecule is CCCCCCc1ccc(-n2c3cc(=C(C#N)C#N)sc3c3sc(=C(C#N)C#N)cc32)cc1. The van der Waals surface area contributed by atoms with Crippen LogP contribution in [0.4, 0.5) is 0 Å². The number of thiophene rings is 2. The molecular weight excluding hydrogens is 446 g/mol. The number of aromatic nitrogens is 1. The van der Waals surface area contributed by atoms with E-state index in [1.165, 1.54) is 53.9 Å². The van der Waals surface area contributed by atoms with Crippen LogP contribution in [0.15, 0.2) is 36.4 Å². The average molecular weight is 466 g/mol. The molecule has 7 heteroatoms. The van der Waals surface area contributed by atoms with Crippen molar-refractivity contribution in [2.24, 2.45) is 0 Å². The van der Waals surface area contributed by atoms with Crippen LogP contribution in [-0.2, 0) is 6.42 Å². The van der Waals surface area contributed by atoms with Crippen molar-refractivity contribution in [1.29, 1.82) is 21.0 Å². The van der Waals surface area contributed by atoms with Crippen molar-refractivity contribution in [3.05, 3.63) is 51.0 Å². The average Bonchev–Trinajstić information content (AvgIpc) is 3.50. The molecule has 1 aromatic carbocycles. The number of nitrogens with zero attached hydrogens (tertiary/aromatic N) is 5. The third-order valence-electron chi connectivity index (χ3n) is 5.57. The summed E-state index contributed by atoms with van der Waals surface area (Å²) in [6.07, 6.45) is 5.94. The van der Waals surface area contributed by atoms with Gasteiger partial charge >= 0.3 is 0 Å². The number of fused-ring (bicyclic) bond motifs is 3. The first-order valence-electron chi connectivity index (χ1n) is 10.7. The summed E-state index contributed by atoms with van der Waals surface area (Å²) in [4.78, 5) is 0. The van der Waals surface area contributed by atoms with E-state index in [-0.39, 0.29) is 11.1 Å². The van der Waals surface area contributed by atoms with Crippen LogP contribution in [-0.4, -0.2) is 4.57 Å². The third-order valence-corrected chi connectivity index (χ3v) is 8.01. The molecule has 3 heterocycles. The first-order chi connectivity index (χ1) is 16.1. The summed E-state index contributed by atoms with van der Waals surface area (Å²) < 4.78 is 5.21. The van der Waals surface area contributed by atoms with Gasteiger partial charge in [-0.1, -0.05) is 38.3 Å². The first-order valence-corrected chi connectivity index (χ1v) is 12.3. The van der Waals surface area contributed by atoms with E-state index >= 15 is 0 Å². The van der Waals surface area contributed by atoms with Crippen molar-refractivity contribution in [2.45, 2.75) is 39.0 Å². The van der Waals surface area contributed by atoms with E-state index in [2.05, 4.69) is 35.8 Å². The Morgan fingerprint density at radius 1 is 0.758 bits per heavy atom. The summed E-state index contributed by atoms with van der Waals surface area (Å²) in [7, 11) is 0. The Morgan fingerprint density at radius 2 is 1.27 bits per heavy atom. The van der Waals surface area contributed by atoms with Gasteiger partial charge in [-0.05, 0) is 42.7 Å². The zero-order chi connectivity index (χ0) is 23.4. The lowest BCUT2D eigenvalue weighted by atomic mass is 10.1. The van der Waals surface area contributed by atoms with Gasteiger partial charge in [-0.25, -0.2) is 0 Å². The topological polar surface area (TPSA) is 100 Å². The van der Waals surface area contributed by atoms with Crippen LogP contribution in [0.2, 0.25) is 0 Å². The quantitative estimate of drug-likeness (QED) is 0.355. The van der Waals surface area contributed by atoms with E-state index in [0.29, 0.717) is 9.06 Å². The van der Waals surface area contributed by atoms with Gasteiger partial charge in [-0.2, -0.15) is 21.0 Å². The van der Waals surface area contributed by atoms with Crippen LogP contribution < -0.4 is 9.06 Å². The number of rotatable bonds is 6. The van der Waals surface area contributed by atoms with Gasteiger partial charge < -0.3 is 4.57 Å². The fourth-order valence-corrected chi connectivity index (χ4v) is 6.23. The van der Waals surface area contributed by atoms with Gasteiger partial charge in [0.05, 0.1) is 29.5 Å². The molecule has 4 aromatic rings. The Hall–Kier alpha value is -3.88. The van der Waals surface area contributed by atoms with E-state index in [1.54, 1.807) is 0 Å². The maximum absolute atomic E-state index is 9.33. The monoisotopic (exact) mass is 465 g/mol. The molecule has 3 aromatic heterocycles. The highest BCUT2D eigenvalue weighted by Gasteiger charge is 2.18. The van der Waals surface area contributed by atoms with Gasteiger partial charge in [-0.3, -0.25) is 0 Å². The minimum Gasteiger partial charge on any atom is -0.307 e. The van der Waals surface area contributed by atoms with E-state index in [0.717, 1.165) is 32.5 Å². The standard InChI is InChI=1S/C26H19N5S2/c1-2-3-4-5-6-17-7-9-20(10-8-17)31-21-11-23(18(13-27)14-28)32-25(21)26-22(31)12-24(33-26)19(15-29)16-30/h7-12H,2-6H2,1H3. The second kappa shape index (κ2) is 9.72. The number of hydrogen-bond donors (Lipinski definition) is 0. The number of unbranched alkanes of at least 4 members (excludes halogenated alkanes) is 3. The van der Waals surface area contributed by atoms with Gasteiger partial charge in [0, 0.05) is 5.69 Å². The van der Waals surface area contributed by atoms with E-state index < -0.39 is 0 Å². The molecule has 160 valence electrons. The molecule has 0 amide bonds. The van der Waals surface area contributed by atoms with Crippen LogP contribution in [0, 0.1) is 45.3 Å². The molecule has 0 spiro atoms. The zero-order valence-electron chi connectivity index (χ0n) is 18.1. The lowest BCUT2D eigenvalue weighted by Crippen LogP contribution is -1.99. The fraction of sp³-hybridized carbons (Fsp3) is 0.231. The van der Waals surface area contributed by atoms with Crippen LogP contribution in [0.3, 0.4) is 0 Å². The maximum Gasteiger partial charge on any atom is 0.146 e. The lowest BCUT2D eigenvalue weighted by Gasteiger charge is -2.08. The molecule has 0 N–H and O–H groups in total. The molecule has 0 saturated heterocycles. The molecule has 0 unspecified atom stereocenters. The summed E-state index contributed by atoms with van der Waals surface area (Å²) in [6.45, 7) is 2.21. The Balaban J connectivity index is 1.92. The molecule has 0 aliphatic carbocycles. The van der Waals surface area contributed by atoms with Gasteiger partial charge in [0.2, 0.25) is 0 Å². The molecule has 0 saturated carbocycles. The summed E-state index contributed by atoms with van der Waals surface area (Å²) in [6, 6.07) is 20.1. The van der Waals surface area contributed by atoms with Gasteiger partial charge in [-0.15, -0.1) is 22.7 Å². The van der Waals surface area contributed by atoms with E-state index in [1.807, 2.05) is 36.4 Å². The van der Waals surface area contributed by atoms with Crippen molar-refractivity contribution in [1.82, 2.24) is 4.57 Å². The van der Waals surface area contributed by atoms with E-state index in [4.69, 9.17) is 0 Å². The Bertz CT molecular complexity index is 1510. The molecular formula is C26H19N5S2. The zero-order valence-corrected chi connectivity index (χ0v) is 19.7. The van der Waals surface area contributed by atoms with Crippen molar-refractivity contribution < 1.29 is 0 Å². The second-order valence-corrected chi connectivity index (χ2v) is 9.76. The second-order valence-electron chi connectivity index (χ2n) is 7.66. The van der Waals surface area contributed by atoms with Crippen LogP contribution >= 0.6 is 22.7 Å². The minimum atomic E-state index is 0.0800. The highest BCUT2D eigenvalue weighted by Crippen LogP contribution is 2.36. The highest BCUT2D eigenvalue weighted by atomic mass is 32.1. The van der Waals surface area contributed by atoms with Crippen LogP contribution in [0.1, 0.15) is 38.2 Å². The number of aryl methyl sites for hydroxylation is 1. The lowest BCUT2D eigenvalue weighted by molar-refractivity contribution is 0.667. The Morgan fingerprint density at radius 3 is 1.73 bits per heavy atom. The van der Waals surface area contributed by atoms with Gasteiger partial charge in [0.25, 0.3) is 0 Å². The normalized spacial score (nSPS) is 10.5. The predicted octanol–water partition coefficient (Wildman–Crippen LogP) is 5.43. The fourth-order valence-electron chi connectivity index (χ4n) is 3.91. The molecule has 0 radical (unpaired) electrons. The molecule has 0 aliphatic heterocycles. The highest BCUT2D eigenvalue weighted by molar-refractivity contribution is 7.25. The summed E-state index contributed by atoms with van der Waals surface area (Å²) in [5.74, 6) is 0. The van der Waals surface area contributed by atoms with E-state index in [9.17, 15) is 21.0 Å². The molecule has 0 aliphatic rings. The minimum absolute atomic E-state index is 0.0800. The first kappa shape index (κ1) is 22.3. The molecule has 0 atom stereocenters. The van der Waals surface area contributed by atoms with Gasteiger partial charge in [0.1, 0.15) is 35.4 Å². The Kier molecular flexibility index (Phi) is 6.58. The van der Waals surface area contributed by atoms with Crippen molar-refractivity contribution in [3.63, 3.8) is 0 Å². The molecule has 0 fully saturated rings. The number of hydrogen-bond acceptors (Lipinski definition) is 6. The van der Waals surface area contributed by atoms with Crippen LogP contribution in [0.25, 0.3) is 37.3 Å². The van der Waals surface area contributed by atoms with Crippen molar-refractivity contribution in [2.75, 3.05) is 0 Å². The predicted molar refractivity (Wildman–Crippen MR) is 133 cm³/mol. The number of benzene rings is 1. The van der Waals surface area contributed by atoms with Crippen LogP contribution in [0.5, 0.6) is 0 Å². The maximum atomic E-state index is 9.33.